The van der Waals surface area contributed by atoms with Crippen molar-refractivity contribution in [3.05, 3.63) is 52.7 Å². The van der Waals surface area contributed by atoms with E-state index in [0.29, 0.717) is 0 Å². The van der Waals surface area contributed by atoms with Gasteiger partial charge < -0.3 is 10.4 Å². The SMILES string of the molecule is CCc1ccc(C(CO)Nc2nc(CC)nc3sccc23)cc1. The minimum absolute atomic E-state index is 0.0164. The highest BCUT2D eigenvalue weighted by atomic mass is 32.1. The summed E-state index contributed by atoms with van der Waals surface area (Å²) in [6.07, 6.45) is 1.80. The summed E-state index contributed by atoms with van der Waals surface area (Å²) in [5.41, 5.74) is 2.35. The molecule has 0 saturated heterocycles. The van der Waals surface area contributed by atoms with Crippen LogP contribution in [-0.2, 0) is 12.8 Å². The first kappa shape index (κ1) is 15.9. The van der Waals surface area contributed by atoms with Gasteiger partial charge in [-0.05, 0) is 29.0 Å². The number of anilines is 1. The predicted octanol–water partition coefficient (Wildman–Crippen LogP) is 3.96. The topological polar surface area (TPSA) is 58.0 Å². The summed E-state index contributed by atoms with van der Waals surface area (Å²) in [5.74, 6) is 1.62. The van der Waals surface area contributed by atoms with Crippen LogP contribution in [-0.4, -0.2) is 21.7 Å². The molecule has 0 aliphatic rings. The number of aryl methyl sites for hydroxylation is 2. The lowest BCUT2D eigenvalue weighted by Crippen LogP contribution is -2.16. The van der Waals surface area contributed by atoms with Crippen LogP contribution in [0.4, 0.5) is 5.82 Å². The first-order chi connectivity index (χ1) is 11.2. The maximum absolute atomic E-state index is 9.81. The summed E-state index contributed by atoms with van der Waals surface area (Å²) < 4.78 is 0. The van der Waals surface area contributed by atoms with Gasteiger partial charge in [0.25, 0.3) is 0 Å². The highest BCUT2D eigenvalue weighted by molar-refractivity contribution is 7.16. The van der Waals surface area contributed by atoms with E-state index in [9.17, 15) is 5.11 Å². The third kappa shape index (κ3) is 3.35. The fourth-order valence-corrected chi connectivity index (χ4v) is 3.34. The standard InChI is InChI=1S/C18H21N3OS/c1-3-12-5-7-13(8-6-12)15(11-22)19-17-14-9-10-23-18(14)21-16(4-2)20-17/h5-10,15,22H,3-4,11H2,1-2H3,(H,19,20,21). The molecule has 2 aromatic heterocycles. The van der Waals surface area contributed by atoms with Gasteiger partial charge in [-0.2, -0.15) is 0 Å². The van der Waals surface area contributed by atoms with E-state index in [1.54, 1.807) is 11.3 Å². The molecule has 1 unspecified atom stereocenters. The van der Waals surface area contributed by atoms with Crippen LogP contribution in [0.25, 0.3) is 10.2 Å². The lowest BCUT2D eigenvalue weighted by molar-refractivity contribution is 0.276. The van der Waals surface area contributed by atoms with Crippen LogP contribution in [0.2, 0.25) is 0 Å². The molecule has 1 atom stereocenters. The zero-order valence-corrected chi connectivity index (χ0v) is 14.2. The van der Waals surface area contributed by atoms with E-state index in [-0.39, 0.29) is 12.6 Å². The molecule has 4 nitrogen and oxygen atoms in total. The van der Waals surface area contributed by atoms with Crippen LogP contribution in [0, 0.1) is 0 Å². The second-order valence-corrected chi connectivity index (χ2v) is 6.35. The predicted molar refractivity (Wildman–Crippen MR) is 96.1 cm³/mol. The van der Waals surface area contributed by atoms with E-state index in [1.165, 1.54) is 5.56 Å². The number of aliphatic hydroxyl groups is 1. The summed E-state index contributed by atoms with van der Waals surface area (Å²) in [4.78, 5) is 10.1. The lowest BCUT2D eigenvalue weighted by Gasteiger charge is -2.18. The monoisotopic (exact) mass is 327 g/mol. The van der Waals surface area contributed by atoms with Crippen molar-refractivity contribution in [1.29, 1.82) is 0 Å². The highest BCUT2D eigenvalue weighted by Gasteiger charge is 2.15. The fraction of sp³-hybridized carbons (Fsp3) is 0.333. The molecule has 0 bridgehead atoms. The first-order valence-corrected chi connectivity index (χ1v) is 8.83. The Bertz CT molecular complexity index is 783. The Morgan fingerprint density at radius 1 is 1.09 bits per heavy atom. The third-order valence-electron chi connectivity index (χ3n) is 3.97. The van der Waals surface area contributed by atoms with Gasteiger partial charge in [-0.1, -0.05) is 38.1 Å². The van der Waals surface area contributed by atoms with E-state index >= 15 is 0 Å². The molecular formula is C18H21N3OS. The highest BCUT2D eigenvalue weighted by Crippen LogP contribution is 2.28. The Hall–Kier alpha value is -1.98. The summed E-state index contributed by atoms with van der Waals surface area (Å²) in [5, 5.41) is 16.2. The summed E-state index contributed by atoms with van der Waals surface area (Å²) in [6, 6.07) is 10.2. The van der Waals surface area contributed by atoms with Gasteiger partial charge in [0, 0.05) is 6.42 Å². The second kappa shape index (κ2) is 7.06. The number of thiophene rings is 1. The lowest BCUT2D eigenvalue weighted by atomic mass is 10.0. The van der Waals surface area contributed by atoms with Gasteiger partial charge in [0.1, 0.15) is 16.5 Å². The van der Waals surface area contributed by atoms with Crippen molar-refractivity contribution in [3.8, 4) is 0 Å². The zero-order chi connectivity index (χ0) is 16.2. The van der Waals surface area contributed by atoms with E-state index in [4.69, 9.17) is 0 Å². The Labute approximate surface area is 140 Å². The number of aromatic nitrogens is 2. The number of nitrogens with zero attached hydrogens (tertiary/aromatic N) is 2. The molecule has 3 aromatic rings. The van der Waals surface area contributed by atoms with Crippen LogP contribution in [0.3, 0.4) is 0 Å². The third-order valence-corrected chi connectivity index (χ3v) is 4.78. The van der Waals surface area contributed by atoms with Crippen molar-refractivity contribution in [2.45, 2.75) is 32.7 Å². The normalized spacial score (nSPS) is 12.5. The minimum atomic E-state index is -0.177. The molecule has 5 heteroatoms. The van der Waals surface area contributed by atoms with E-state index in [2.05, 4.69) is 46.5 Å². The van der Waals surface area contributed by atoms with Crippen molar-refractivity contribution in [2.24, 2.45) is 0 Å². The Kier molecular flexibility index (Phi) is 4.88. The van der Waals surface area contributed by atoms with Crippen molar-refractivity contribution < 1.29 is 5.11 Å². The minimum Gasteiger partial charge on any atom is -0.394 e. The van der Waals surface area contributed by atoms with Gasteiger partial charge in [0.05, 0.1) is 18.0 Å². The van der Waals surface area contributed by atoms with E-state index < -0.39 is 0 Å². The van der Waals surface area contributed by atoms with Crippen LogP contribution >= 0.6 is 11.3 Å². The summed E-state index contributed by atoms with van der Waals surface area (Å²) in [6.45, 7) is 4.20. The van der Waals surface area contributed by atoms with Crippen molar-refractivity contribution >= 4 is 27.4 Å². The van der Waals surface area contributed by atoms with Gasteiger partial charge >= 0.3 is 0 Å². The molecule has 0 aliphatic carbocycles. The van der Waals surface area contributed by atoms with Crippen molar-refractivity contribution in [1.82, 2.24) is 9.97 Å². The molecule has 1 aromatic carbocycles. The molecule has 2 N–H and O–H groups in total. The number of hydrogen-bond acceptors (Lipinski definition) is 5. The van der Waals surface area contributed by atoms with Crippen LogP contribution in [0.15, 0.2) is 35.7 Å². The van der Waals surface area contributed by atoms with Crippen molar-refractivity contribution in [2.75, 3.05) is 11.9 Å². The Morgan fingerprint density at radius 3 is 2.52 bits per heavy atom. The zero-order valence-electron chi connectivity index (χ0n) is 13.4. The van der Waals surface area contributed by atoms with E-state index in [1.807, 2.05) is 18.4 Å². The average molecular weight is 327 g/mol. The van der Waals surface area contributed by atoms with E-state index in [0.717, 1.165) is 40.3 Å². The number of benzene rings is 1. The first-order valence-electron chi connectivity index (χ1n) is 7.95. The number of hydrogen-bond donors (Lipinski definition) is 2. The largest absolute Gasteiger partial charge is 0.394 e. The van der Waals surface area contributed by atoms with Crippen LogP contribution in [0.1, 0.15) is 36.8 Å². The molecular weight excluding hydrogens is 306 g/mol. The maximum Gasteiger partial charge on any atom is 0.139 e. The number of fused-ring (bicyclic) bond motifs is 1. The summed E-state index contributed by atoms with van der Waals surface area (Å²) >= 11 is 1.61. The molecule has 23 heavy (non-hydrogen) atoms. The molecule has 0 aliphatic heterocycles. The van der Waals surface area contributed by atoms with Crippen molar-refractivity contribution in [3.63, 3.8) is 0 Å². The van der Waals surface area contributed by atoms with Gasteiger partial charge in [0.2, 0.25) is 0 Å². The fourth-order valence-electron chi connectivity index (χ4n) is 2.55. The number of rotatable bonds is 6. The van der Waals surface area contributed by atoms with Crippen LogP contribution < -0.4 is 5.32 Å². The maximum atomic E-state index is 9.81. The molecule has 0 spiro atoms. The smallest absolute Gasteiger partial charge is 0.139 e. The van der Waals surface area contributed by atoms with Gasteiger partial charge in [-0.15, -0.1) is 11.3 Å². The van der Waals surface area contributed by atoms with Gasteiger partial charge in [-0.3, -0.25) is 0 Å². The number of aliphatic hydroxyl groups excluding tert-OH is 1. The van der Waals surface area contributed by atoms with Gasteiger partial charge in [0.15, 0.2) is 0 Å². The van der Waals surface area contributed by atoms with Gasteiger partial charge in [-0.25, -0.2) is 9.97 Å². The molecule has 0 saturated carbocycles. The molecule has 120 valence electrons. The Balaban J connectivity index is 1.93. The molecule has 0 radical (unpaired) electrons. The Morgan fingerprint density at radius 2 is 1.87 bits per heavy atom. The molecule has 0 fully saturated rings. The second-order valence-electron chi connectivity index (χ2n) is 5.46. The molecule has 3 rings (SSSR count). The van der Waals surface area contributed by atoms with Crippen LogP contribution in [0.5, 0.6) is 0 Å². The molecule has 2 heterocycles. The average Bonchev–Trinajstić information content (AvgIpc) is 3.08. The molecule has 0 amide bonds. The quantitative estimate of drug-likeness (QED) is 0.719. The number of nitrogens with one attached hydrogen (secondary N) is 1. The summed E-state index contributed by atoms with van der Waals surface area (Å²) in [7, 11) is 0.